The Kier molecular flexibility index (Phi) is 8.79. The minimum Gasteiger partial charge on any atom is -0.465 e. The zero-order valence-corrected chi connectivity index (χ0v) is 22.7. The first-order chi connectivity index (χ1) is 12.9. The average Bonchev–Trinajstić information content (AvgIpc) is 2.79. The third kappa shape index (κ3) is 6.89. The minimum absolute atomic E-state index is 0.0124. The molecule has 0 aromatic rings. The van der Waals surface area contributed by atoms with Crippen LogP contribution in [0.1, 0.15) is 61.3 Å². The first-order valence-electron chi connectivity index (χ1n) is 11.0. The summed E-state index contributed by atoms with van der Waals surface area (Å²) in [5.74, 6) is -0.0919. The van der Waals surface area contributed by atoms with Gasteiger partial charge in [-0.25, -0.2) is 0 Å². The van der Waals surface area contributed by atoms with Crippen LogP contribution in [0.5, 0.6) is 0 Å². The molecular weight excluding hydrogens is 400 g/mol. The maximum Gasteiger partial charge on any atom is 0.302 e. The number of aliphatic hydroxyl groups is 1. The zero-order chi connectivity index (χ0) is 22.8. The lowest BCUT2D eigenvalue weighted by Crippen LogP contribution is -2.45. The molecule has 1 N–H and O–H groups in total. The molecule has 1 saturated carbocycles. The molecule has 0 aromatic heterocycles. The Hall–Kier alpha value is -0.216. The highest BCUT2D eigenvalue weighted by molar-refractivity contribution is 6.74. The smallest absolute Gasteiger partial charge is 0.302 e. The molecule has 172 valence electrons. The Labute approximate surface area is 181 Å². The number of ether oxygens (including phenoxy) is 1. The summed E-state index contributed by atoms with van der Waals surface area (Å²) in [6.07, 6.45) is 1.46. The topological polar surface area (TPSA) is 65.0 Å². The van der Waals surface area contributed by atoms with Crippen molar-refractivity contribution in [3.8, 4) is 0 Å². The van der Waals surface area contributed by atoms with Gasteiger partial charge >= 0.3 is 5.97 Å². The van der Waals surface area contributed by atoms with Crippen LogP contribution in [-0.4, -0.2) is 53.1 Å². The molecule has 7 heteroatoms. The summed E-state index contributed by atoms with van der Waals surface area (Å²) in [4.78, 5) is 11.5. The van der Waals surface area contributed by atoms with Crippen molar-refractivity contribution in [1.29, 1.82) is 0 Å². The van der Waals surface area contributed by atoms with E-state index in [0.29, 0.717) is 13.0 Å². The largest absolute Gasteiger partial charge is 0.465 e. The van der Waals surface area contributed by atoms with Crippen molar-refractivity contribution in [3.63, 3.8) is 0 Å². The van der Waals surface area contributed by atoms with Crippen LogP contribution < -0.4 is 0 Å². The summed E-state index contributed by atoms with van der Waals surface area (Å²) in [5.41, 5.74) is 0. The van der Waals surface area contributed by atoms with Crippen LogP contribution in [0.15, 0.2) is 0 Å². The van der Waals surface area contributed by atoms with E-state index < -0.39 is 16.6 Å². The monoisotopic (exact) mass is 446 g/mol. The molecule has 0 radical (unpaired) electrons. The zero-order valence-electron chi connectivity index (χ0n) is 20.7. The van der Waals surface area contributed by atoms with E-state index in [4.69, 9.17) is 13.6 Å². The lowest BCUT2D eigenvalue weighted by molar-refractivity contribution is -0.143. The van der Waals surface area contributed by atoms with E-state index in [1.807, 2.05) is 0 Å². The molecule has 5 nitrogen and oxygen atoms in total. The van der Waals surface area contributed by atoms with Gasteiger partial charge in [-0.2, -0.15) is 0 Å². The Morgan fingerprint density at radius 2 is 1.31 bits per heavy atom. The van der Waals surface area contributed by atoms with Gasteiger partial charge in [0.05, 0.1) is 18.8 Å². The molecule has 0 bridgehead atoms. The summed E-state index contributed by atoms with van der Waals surface area (Å²) in [5, 5.41) is 9.97. The van der Waals surface area contributed by atoms with Crippen LogP contribution in [0.2, 0.25) is 36.3 Å². The summed E-state index contributed by atoms with van der Waals surface area (Å²) in [7, 11) is -3.97. The van der Waals surface area contributed by atoms with Crippen LogP contribution in [0.3, 0.4) is 0 Å². The first kappa shape index (κ1) is 26.8. The summed E-state index contributed by atoms with van der Waals surface area (Å²) in [6, 6.07) is 0. The van der Waals surface area contributed by atoms with E-state index in [1.165, 1.54) is 6.92 Å². The molecule has 0 saturated heterocycles. The van der Waals surface area contributed by atoms with Crippen LogP contribution >= 0.6 is 0 Å². The van der Waals surface area contributed by atoms with Crippen molar-refractivity contribution in [1.82, 2.24) is 0 Å². The van der Waals surface area contributed by atoms with Crippen molar-refractivity contribution in [2.24, 2.45) is 11.8 Å². The van der Waals surface area contributed by atoms with Gasteiger partial charge in [0, 0.05) is 19.4 Å². The lowest BCUT2D eigenvalue weighted by atomic mass is 9.91. The van der Waals surface area contributed by atoms with E-state index in [-0.39, 0.29) is 46.7 Å². The quantitative estimate of drug-likeness (QED) is 0.402. The third-order valence-electron chi connectivity index (χ3n) is 7.42. The molecule has 0 heterocycles. The molecule has 0 spiro atoms. The highest BCUT2D eigenvalue weighted by Gasteiger charge is 2.51. The Morgan fingerprint density at radius 3 is 1.66 bits per heavy atom. The Balaban J connectivity index is 3.19. The second-order valence-corrected chi connectivity index (χ2v) is 21.2. The van der Waals surface area contributed by atoms with Crippen molar-refractivity contribution >= 4 is 22.6 Å². The second-order valence-electron chi connectivity index (χ2n) is 11.7. The van der Waals surface area contributed by atoms with Crippen LogP contribution in [0, 0.1) is 11.8 Å². The maximum atomic E-state index is 11.5. The number of carbonyl (C=O) groups is 1. The number of hydrogen-bond donors (Lipinski definition) is 1. The SMILES string of the molecule is CC(=O)OC[C@H]1[C@@H](CCO)[C@H](O[Si](C)(C)C(C)(C)C)C[C@@H]1O[Si](C)(C)C(C)(C)C. The highest BCUT2D eigenvalue weighted by Crippen LogP contribution is 2.47. The van der Waals surface area contributed by atoms with E-state index in [2.05, 4.69) is 67.7 Å². The molecule has 0 aliphatic heterocycles. The number of hydrogen-bond acceptors (Lipinski definition) is 5. The average molecular weight is 447 g/mol. The van der Waals surface area contributed by atoms with Crippen LogP contribution in [0.25, 0.3) is 0 Å². The summed E-state index contributed by atoms with van der Waals surface area (Å²) in [6.45, 7) is 24.4. The molecule has 4 atom stereocenters. The van der Waals surface area contributed by atoms with Crippen molar-refractivity contribution in [3.05, 3.63) is 0 Å². The van der Waals surface area contributed by atoms with Gasteiger partial charge < -0.3 is 18.7 Å². The normalized spacial score (nSPS) is 26.6. The van der Waals surface area contributed by atoms with Gasteiger partial charge in [-0.05, 0) is 55.0 Å². The van der Waals surface area contributed by atoms with Crippen LogP contribution in [0.4, 0.5) is 0 Å². The molecule has 0 unspecified atom stereocenters. The fraction of sp³-hybridized carbons (Fsp3) is 0.955. The molecule has 1 aliphatic rings. The van der Waals surface area contributed by atoms with Gasteiger partial charge in [0.15, 0.2) is 16.6 Å². The van der Waals surface area contributed by atoms with Gasteiger partial charge in [0.25, 0.3) is 0 Å². The van der Waals surface area contributed by atoms with E-state index in [0.717, 1.165) is 6.42 Å². The van der Waals surface area contributed by atoms with Gasteiger partial charge in [0.1, 0.15) is 0 Å². The number of esters is 1. The standard InChI is InChI=1S/C22H46O5Si2/c1-16(24)25-15-18-17(12-13-23)19(26-28(8,9)21(2,3)4)14-20(18)27-29(10,11)22(5,6)7/h17-20,23H,12-15H2,1-11H3/t17-,18+,19-,20+/m1/s1. The van der Waals surface area contributed by atoms with Crippen molar-refractivity contribution < 1.29 is 23.5 Å². The van der Waals surface area contributed by atoms with Crippen molar-refractivity contribution in [2.45, 2.75) is 110 Å². The first-order valence-corrected chi connectivity index (χ1v) is 16.8. The van der Waals surface area contributed by atoms with E-state index in [9.17, 15) is 9.90 Å². The van der Waals surface area contributed by atoms with Crippen LogP contribution in [-0.2, 0) is 18.4 Å². The minimum atomic E-state index is -1.99. The molecular formula is C22H46O5Si2. The lowest BCUT2D eigenvalue weighted by Gasteiger charge is -2.40. The van der Waals surface area contributed by atoms with E-state index in [1.54, 1.807) is 0 Å². The summed E-state index contributed by atoms with van der Waals surface area (Å²) >= 11 is 0. The molecule has 29 heavy (non-hydrogen) atoms. The number of rotatable bonds is 8. The molecule has 0 aromatic carbocycles. The van der Waals surface area contributed by atoms with Gasteiger partial charge in [-0.3, -0.25) is 4.79 Å². The fourth-order valence-electron chi connectivity index (χ4n) is 3.50. The molecule has 1 rings (SSSR count). The predicted octanol–water partition coefficient (Wildman–Crippen LogP) is 5.35. The molecule has 0 amide bonds. The highest BCUT2D eigenvalue weighted by atomic mass is 28.4. The van der Waals surface area contributed by atoms with E-state index >= 15 is 0 Å². The number of carbonyl (C=O) groups excluding carboxylic acids is 1. The van der Waals surface area contributed by atoms with Gasteiger partial charge in [0.2, 0.25) is 0 Å². The van der Waals surface area contributed by atoms with Gasteiger partial charge in [-0.1, -0.05) is 41.5 Å². The Morgan fingerprint density at radius 1 is 0.897 bits per heavy atom. The van der Waals surface area contributed by atoms with Crippen molar-refractivity contribution in [2.75, 3.05) is 13.2 Å². The third-order valence-corrected chi connectivity index (χ3v) is 16.4. The predicted molar refractivity (Wildman–Crippen MR) is 124 cm³/mol. The maximum absolute atomic E-state index is 11.5. The number of aliphatic hydroxyl groups excluding tert-OH is 1. The Bertz CT molecular complexity index is 548. The fourth-order valence-corrected chi connectivity index (χ4v) is 6.27. The second kappa shape index (κ2) is 9.51. The van der Waals surface area contributed by atoms with Gasteiger partial charge in [-0.15, -0.1) is 0 Å². The molecule has 1 aliphatic carbocycles. The molecule has 1 fully saturated rings. The summed E-state index contributed by atoms with van der Waals surface area (Å²) < 4.78 is 19.1.